The third kappa shape index (κ3) is 2.57. The topological polar surface area (TPSA) is 52.9 Å². The molecule has 0 heterocycles. The van der Waals surface area contributed by atoms with Crippen LogP contribution < -0.4 is 5.32 Å². The minimum Gasteiger partial charge on any atom is -0.340 e. The molecule has 110 valence electrons. The molecule has 0 aromatic heterocycles. The first-order valence-corrected chi connectivity index (χ1v) is 8.19. The van der Waals surface area contributed by atoms with Gasteiger partial charge in [0.2, 0.25) is 5.91 Å². The van der Waals surface area contributed by atoms with Crippen LogP contribution >= 0.6 is 0 Å². The van der Waals surface area contributed by atoms with E-state index in [-0.39, 0.29) is 23.3 Å². The van der Waals surface area contributed by atoms with E-state index in [0.29, 0.717) is 6.42 Å². The SMILES string of the molecule is CC(C)C(C#N)NC(=O)CC12CC3CC(CC(C3)C1)C2. The summed E-state index contributed by atoms with van der Waals surface area (Å²) in [6.45, 7) is 3.97. The average molecular weight is 274 g/mol. The average Bonchev–Trinajstić information content (AvgIpc) is 2.33. The Kier molecular flexibility index (Phi) is 3.52. The van der Waals surface area contributed by atoms with E-state index in [2.05, 4.69) is 11.4 Å². The molecule has 4 aliphatic rings. The molecule has 1 atom stereocenters. The Balaban J connectivity index is 1.63. The summed E-state index contributed by atoms with van der Waals surface area (Å²) in [5, 5.41) is 12.1. The second-order valence-corrected chi connectivity index (χ2v) is 8.01. The van der Waals surface area contributed by atoms with E-state index < -0.39 is 0 Å². The number of amides is 1. The van der Waals surface area contributed by atoms with E-state index in [9.17, 15) is 4.79 Å². The highest BCUT2D eigenvalue weighted by molar-refractivity contribution is 5.77. The van der Waals surface area contributed by atoms with E-state index >= 15 is 0 Å². The highest BCUT2D eigenvalue weighted by Crippen LogP contribution is 2.61. The molecular weight excluding hydrogens is 248 g/mol. The number of nitrogens with one attached hydrogen (secondary N) is 1. The first-order valence-electron chi connectivity index (χ1n) is 8.19. The van der Waals surface area contributed by atoms with Gasteiger partial charge in [0.15, 0.2) is 0 Å². The molecule has 20 heavy (non-hydrogen) atoms. The highest BCUT2D eigenvalue weighted by Gasteiger charge is 2.51. The molecule has 3 nitrogen and oxygen atoms in total. The fraction of sp³-hybridized carbons (Fsp3) is 0.882. The van der Waals surface area contributed by atoms with Crippen LogP contribution in [0.4, 0.5) is 0 Å². The zero-order valence-corrected chi connectivity index (χ0v) is 12.7. The number of hydrogen-bond acceptors (Lipinski definition) is 2. The minimum absolute atomic E-state index is 0.104. The maximum Gasteiger partial charge on any atom is 0.221 e. The molecule has 1 N–H and O–H groups in total. The van der Waals surface area contributed by atoms with Crippen molar-refractivity contribution >= 4 is 5.91 Å². The lowest BCUT2D eigenvalue weighted by molar-refractivity contribution is -0.130. The van der Waals surface area contributed by atoms with Crippen LogP contribution in [0.3, 0.4) is 0 Å². The molecule has 0 radical (unpaired) electrons. The van der Waals surface area contributed by atoms with E-state index in [1.807, 2.05) is 13.8 Å². The van der Waals surface area contributed by atoms with Gasteiger partial charge in [-0.05, 0) is 67.6 Å². The Labute approximate surface area is 122 Å². The summed E-state index contributed by atoms with van der Waals surface area (Å²) in [6, 6.07) is 1.87. The third-order valence-corrected chi connectivity index (χ3v) is 5.82. The molecule has 4 fully saturated rings. The lowest BCUT2D eigenvalue weighted by Gasteiger charge is -2.56. The molecule has 1 unspecified atom stereocenters. The second kappa shape index (κ2) is 5.06. The number of nitrogens with zero attached hydrogens (tertiary/aromatic N) is 1. The Morgan fingerprint density at radius 1 is 1.20 bits per heavy atom. The summed E-state index contributed by atoms with van der Waals surface area (Å²) in [6.07, 6.45) is 8.65. The molecule has 4 rings (SSSR count). The molecule has 0 aromatic carbocycles. The highest BCUT2D eigenvalue weighted by atomic mass is 16.1. The Hall–Kier alpha value is -1.04. The van der Waals surface area contributed by atoms with Crippen molar-refractivity contribution in [1.82, 2.24) is 5.32 Å². The smallest absolute Gasteiger partial charge is 0.221 e. The van der Waals surface area contributed by atoms with Gasteiger partial charge in [-0.3, -0.25) is 4.79 Å². The lowest BCUT2D eigenvalue weighted by atomic mass is 9.49. The predicted octanol–water partition coefficient (Wildman–Crippen LogP) is 3.26. The largest absolute Gasteiger partial charge is 0.340 e. The summed E-state index contributed by atoms with van der Waals surface area (Å²) in [7, 11) is 0. The molecule has 4 aliphatic carbocycles. The zero-order valence-electron chi connectivity index (χ0n) is 12.7. The Morgan fingerprint density at radius 3 is 2.10 bits per heavy atom. The first kappa shape index (κ1) is 13.9. The number of hydrogen-bond donors (Lipinski definition) is 1. The predicted molar refractivity (Wildman–Crippen MR) is 77.6 cm³/mol. The number of nitriles is 1. The van der Waals surface area contributed by atoms with Crippen LogP contribution in [-0.2, 0) is 4.79 Å². The van der Waals surface area contributed by atoms with E-state index in [0.717, 1.165) is 17.8 Å². The van der Waals surface area contributed by atoms with Crippen LogP contribution in [-0.4, -0.2) is 11.9 Å². The van der Waals surface area contributed by atoms with Gasteiger partial charge >= 0.3 is 0 Å². The fourth-order valence-corrected chi connectivity index (χ4v) is 5.42. The Morgan fingerprint density at radius 2 is 1.70 bits per heavy atom. The van der Waals surface area contributed by atoms with Crippen LogP contribution in [0.5, 0.6) is 0 Å². The van der Waals surface area contributed by atoms with Gasteiger partial charge in [0, 0.05) is 6.42 Å². The zero-order chi connectivity index (χ0) is 14.3. The molecule has 0 spiro atoms. The van der Waals surface area contributed by atoms with E-state index in [1.165, 1.54) is 38.5 Å². The van der Waals surface area contributed by atoms with Crippen molar-refractivity contribution in [2.24, 2.45) is 29.1 Å². The molecule has 1 amide bonds. The van der Waals surface area contributed by atoms with Crippen molar-refractivity contribution in [2.75, 3.05) is 0 Å². The number of rotatable bonds is 4. The molecule has 0 saturated heterocycles. The standard InChI is InChI=1S/C17H26N2O/c1-11(2)15(10-18)19-16(20)9-17-6-12-3-13(7-17)5-14(4-12)8-17/h11-15H,3-9H2,1-2H3,(H,19,20). The van der Waals surface area contributed by atoms with E-state index in [4.69, 9.17) is 5.26 Å². The van der Waals surface area contributed by atoms with Gasteiger partial charge in [0.1, 0.15) is 6.04 Å². The van der Waals surface area contributed by atoms with Crippen molar-refractivity contribution < 1.29 is 4.79 Å². The Bertz CT molecular complexity index is 399. The molecule has 0 aliphatic heterocycles. The van der Waals surface area contributed by atoms with Crippen LogP contribution in [0.25, 0.3) is 0 Å². The summed E-state index contributed by atoms with van der Waals surface area (Å²) in [4.78, 5) is 12.3. The first-order chi connectivity index (χ1) is 9.49. The summed E-state index contributed by atoms with van der Waals surface area (Å²) in [5.41, 5.74) is 0.274. The van der Waals surface area contributed by atoms with E-state index in [1.54, 1.807) is 0 Å². The van der Waals surface area contributed by atoms with Crippen molar-refractivity contribution in [2.45, 2.75) is 64.8 Å². The normalized spacial score (nSPS) is 39.6. The summed E-state index contributed by atoms with van der Waals surface area (Å²) < 4.78 is 0. The fourth-order valence-electron chi connectivity index (χ4n) is 5.42. The molecule has 0 aromatic rings. The number of carbonyl (C=O) groups is 1. The van der Waals surface area contributed by atoms with Crippen LogP contribution in [0.2, 0.25) is 0 Å². The van der Waals surface area contributed by atoms with Crippen LogP contribution in [0.15, 0.2) is 0 Å². The number of carbonyl (C=O) groups excluding carboxylic acids is 1. The van der Waals surface area contributed by atoms with Gasteiger partial charge in [-0.25, -0.2) is 0 Å². The summed E-state index contributed by atoms with van der Waals surface area (Å²) in [5.74, 6) is 2.93. The lowest BCUT2D eigenvalue weighted by Crippen LogP contribution is -2.49. The van der Waals surface area contributed by atoms with Gasteiger partial charge in [-0.2, -0.15) is 5.26 Å². The van der Waals surface area contributed by atoms with Gasteiger partial charge in [0.05, 0.1) is 6.07 Å². The van der Waals surface area contributed by atoms with Crippen molar-refractivity contribution in [3.05, 3.63) is 0 Å². The van der Waals surface area contributed by atoms with Crippen LogP contribution in [0.1, 0.15) is 58.8 Å². The molecule has 4 bridgehead atoms. The maximum absolute atomic E-state index is 12.3. The third-order valence-electron chi connectivity index (χ3n) is 5.82. The molecule has 3 heteroatoms. The maximum atomic E-state index is 12.3. The monoisotopic (exact) mass is 274 g/mol. The van der Waals surface area contributed by atoms with Crippen LogP contribution in [0, 0.1) is 40.4 Å². The second-order valence-electron chi connectivity index (χ2n) is 8.01. The quantitative estimate of drug-likeness (QED) is 0.855. The van der Waals surface area contributed by atoms with Gasteiger partial charge in [0.25, 0.3) is 0 Å². The van der Waals surface area contributed by atoms with Crippen molar-refractivity contribution in [1.29, 1.82) is 5.26 Å². The van der Waals surface area contributed by atoms with Gasteiger partial charge in [-0.15, -0.1) is 0 Å². The van der Waals surface area contributed by atoms with Crippen molar-refractivity contribution in [3.8, 4) is 6.07 Å². The summed E-state index contributed by atoms with van der Waals surface area (Å²) >= 11 is 0. The molecular formula is C17H26N2O. The van der Waals surface area contributed by atoms with Gasteiger partial charge in [-0.1, -0.05) is 13.8 Å². The minimum atomic E-state index is -0.337. The molecule has 4 saturated carbocycles. The van der Waals surface area contributed by atoms with Crippen molar-refractivity contribution in [3.63, 3.8) is 0 Å². The van der Waals surface area contributed by atoms with Gasteiger partial charge < -0.3 is 5.32 Å².